The summed E-state index contributed by atoms with van der Waals surface area (Å²) in [7, 11) is -0.0266. The lowest BCUT2D eigenvalue weighted by molar-refractivity contribution is -0.134. The van der Waals surface area contributed by atoms with Gasteiger partial charge in [0.05, 0.1) is 0 Å². The number of aliphatic carboxylic acids is 1. The summed E-state index contributed by atoms with van der Waals surface area (Å²) in [6.45, 7) is 4.31. The first-order valence-electron chi connectivity index (χ1n) is 5.06. The molecule has 1 N–H and O–H groups in total. The third-order valence-corrected chi connectivity index (χ3v) is 4.04. The molecule has 0 aromatic heterocycles. The van der Waals surface area contributed by atoms with Gasteiger partial charge >= 0.3 is 5.97 Å². The van der Waals surface area contributed by atoms with E-state index in [0.29, 0.717) is 6.54 Å². The molecule has 1 atom stereocenters. The van der Waals surface area contributed by atoms with Crippen molar-refractivity contribution in [3.05, 3.63) is 0 Å². The quantitative estimate of drug-likeness (QED) is 0.671. The molecule has 0 aromatic carbocycles. The molecule has 0 aliphatic carbocycles. The first-order chi connectivity index (χ1) is 7.20. The van der Waals surface area contributed by atoms with Crippen LogP contribution >= 0.6 is 0 Å². The lowest BCUT2D eigenvalue weighted by Crippen LogP contribution is -2.45. The summed E-state index contributed by atoms with van der Waals surface area (Å²) in [6.07, 6.45) is 0. The molecule has 1 unspecified atom stereocenters. The molecule has 0 heterocycles. The van der Waals surface area contributed by atoms with Crippen LogP contribution < -0.4 is 0 Å². The van der Waals surface area contributed by atoms with Gasteiger partial charge in [0.2, 0.25) is 10.0 Å². The summed E-state index contributed by atoms with van der Waals surface area (Å²) < 4.78 is 24.7. The van der Waals surface area contributed by atoms with Crippen molar-refractivity contribution in [3.8, 4) is 0 Å². The monoisotopic (exact) mass is 252 g/mol. The summed E-state index contributed by atoms with van der Waals surface area (Å²) in [6, 6.07) is -0.232. The molecule has 6 nitrogen and oxygen atoms in total. The number of hydrogen-bond acceptors (Lipinski definition) is 4. The molecule has 0 spiro atoms. The Morgan fingerprint density at radius 2 is 1.88 bits per heavy atom. The topological polar surface area (TPSA) is 77.9 Å². The number of carboxylic acids is 1. The van der Waals surface area contributed by atoms with Gasteiger partial charge in [-0.15, -0.1) is 0 Å². The van der Waals surface area contributed by atoms with E-state index < -0.39 is 21.7 Å². The van der Waals surface area contributed by atoms with Gasteiger partial charge in [0.25, 0.3) is 0 Å². The molecule has 0 saturated carbocycles. The van der Waals surface area contributed by atoms with E-state index >= 15 is 0 Å². The van der Waals surface area contributed by atoms with E-state index in [0.717, 1.165) is 0 Å². The Morgan fingerprint density at radius 3 is 2.19 bits per heavy atom. The summed E-state index contributed by atoms with van der Waals surface area (Å²) >= 11 is 0. The lowest BCUT2D eigenvalue weighted by atomic mass is 10.3. The van der Waals surface area contributed by atoms with Gasteiger partial charge in [0.1, 0.15) is 0 Å². The van der Waals surface area contributed by atoms with Gasteiger partial charge in [-0.3, -0.25) is 4.79 Å². The van der Waals surface area contributed by atoms with E-state index in [4.69, 9.17) is 5.11 Å². The fraction of sp³-hybridized carbons (Fsp3) is 0.889. The van der Waals surface area contributed by atoms with E-state index in [1.54, 1.807) is 13.8 Å². The average molecular weight is 252 g/mol. The predicted molar refractivity (Wildman–Crippen MR) is 61.8 cm³/mol. The maximum atomic E-state index is 11.7. The van der Waals surface area contributed by atoms with Crippen molar-refractivity contribution in [2.24, 2.45) is 0 Å². The summed E-state index contributed by atoms with van der Waals surface area (Å²) in [5.74, 6) is -2.17. The standard InChI is InChI=1S/C9H20N2O4S/c1-5-11(8(2)6-10(3)4)16(14,15)7-9(12)13/h8H,5-7H2,1-4H3,(H,12,13). The number of hydrogen-bond donors (Lipinski definition) is 1. The van der Waals surface area contributed by atoms with Crippen molar-refractivity contribution in [1.29, 1.82) is 0 Å². The van der Waals surface area contributed by atoms with Gasteiger partial charge in [-0.1, -0.05) is 6.92 Å². The highest BCUT2D eigenvalue weighted by molar-refractivity contribution is 7.89. The lowest BCUT2D eigenvalue weighted by Gasteiger charge is -2.28. The van der Waals surface area contributed by atoms with Crippen molar-refractivity contribution in [2.75, 3.05) is 32.9 Å². The number of sulfonamides is 1. The SMILES string of the molecule is CCN(C(C)CN(C)C)S(=O)(=O)CC(=O)O. The zero-order valence-corrected chi connectivity index (χ0v) is 11.0. The van der Waals surface area contributed by atoms with Crippen LogP contribution in [0.3, 0.4) is 0 Å². The minimum atomic E-state index is -3.71. The van der Waals surface area contributed by atoms with E-state index in [1.165, 1.54) is 4.31 Å². The highest BCUT2D eigenvalue weighted by Gasteiger charge is 2.28. The molecule has 7 heteroatoms. The van der Waals surface area contributed by atoms with E-state index in [-0.39, 0.29) is 12.6 Å². The molecule has 0 saturated heterocycles. The molecule has 0 aliphatic rings. The second kappa shape index (κ2) is 6.17. The van der Waals surface area contributed by atoms with Crippen LogP contribution in [-0.4, -0.2) is 67.7 Å². The Hall–Kier alpha value is -0.660. The zero-order chi connectivity index (χ0) is 12.9. The van der Waals surface area contributed by atoms with Gasteiger partial charge in [-0.05, 0) is 21.0 Å². The molecule has 0 aromatic rings. The summed E-state index contributed by atoms with van der Waals surface area (Å²) in [5.41, 5.74) is 0. The third kappa shape index (κ3) is 4.91. The molecule has 16 heavy (non-hydrogen) atoms. The molecule has 0 bridgehead atoms. The maximum absolute atomic E-state index is 11.7. The largest absolute Gasteiger partial charge is 0.480 e. The molecule has 0 fully saturated rings. The highest BCUT2D eigenvalue weighted by Crippen LogP contribution is 2.08. The Balaban J connectivity index is 4.77. The van der Waals surface area contributed by atoms with Gasteiger partial charge < -0.3 is 10.0 Å². The van der Waals surface area contributed by atoms with Crippen LogP contribution in [0.2, 0.25) is 0 Å². The fourth-order valence-corrected chi connectivity index (χ4v) is 3.13. The van der Waals surface area contributed by atoms with Crippen LogP contribution in [0, 0.1) is 0 Å². The molecule has 0 radical (unpaired) electrons. The minimum absolute atomic E-state index is 0.232. The Bertz CT molecular complexity index is 326. The second-order valence-electron chi connectivity index (χ2n) is 3.96. The van der Waals surface area contributed by atoms with Crippen molar-refractivity contribution in [2.45, 2.75) is 19.9 Å². The number of nitrogens with zero attached hydrogens (tertiary/aromatic N) is 2. The van der Waals surface area contributed by atoms with Crippen molar-refractivity contribution in [3.63, 3.8) is 0 Å². The summed E-state index contributed by atoms with van der Waals surface area (Å²) in [5, 5.41) is 8.54. The molecular formula is C9H20N2O4S. The van der Waals surface area contributed by atoms with Crippen molar-refractivity contribution in [1.82, 2.24) is 9.21 Å². The molecule has 0 rings (SSSR count). The Labute approximate surface area is 96.9 Å². The molecular weight excluding hydrogens is 232 g/mol. The number of carboxylic acid groups (broad SMARTS) is 1. The Kier molecular flexibility index (Phi) is 5.91. The van der Waals surface area contributed by atoms with Gasteiger partial charge in [-0.2, -0.15) is 4.31 Å². The predicted octanol–water partition coefficient (Wildman–Crippen LogP) is -0.327. The zero-order valence-electron chi connectivity index (χ0n) is 10.2. The fourth-order valence-electron chi connectivity index (χ4n) is 1.64. The average Bonchev–Trinajstić information content (AvgIpc) is 1.99. The molecule has 0 amide bonds. The van der Waals surface area contributed by atoms with Crippen LogP contribution in [-0.2, 0) is 14.8 Å². The summed E-state index contributed by atoms with van der Waals surface area (Å²) in [4.78, 5) is 12.3. The minimum Gasteiger partial charge on any atom is -0.480 e. The van der Waals surface area contributed by atoms with Crippen molar-refractivity contribution < 1.29 is 18.3 Å². The highest BCUT2D eigenvalue weighted by atomic mass is 32.2. The van der Waals surface area contributed by atoms with E-state index in [9.17, 15) is 13.2 Å². The van der Waals surface area contributed by atoms with Gasteiger partial charge in [0, 0.05) is 19.1 Å². The second-order valence-corrected chi connectivity index (χ2v) is 5.89. The van der Waals surface area contributed by atoms with Crippen LogP contribution in [0.1, 0.15) is 13.8 Å². The number of rotatable bonds is 7. The van der Waals surface area contributed by atoms with Crippen LogP contribution in [0.4, 0.5) is 0 Å². The smallest absolute Gasteiger partial charge is 0.320 e. The van der Waals surface area contributed by atoms with E-state index in [1.807, 2.05) is 19.0 Å². The van der Waals surface area contributed by atoms with Crippen LogP contribution in [0.25, 0.3) is 0 Å². The maximum Gasteiger partial charge on any atom is 0.320 e. The van der Waals surface area contributed by atoms with Crippen molar-refractivity contribution >= 4 is 16.0 Å². The first-order valence-corrected chi connectivity index (χ1v) is 6.67. The van der Waals surface area contributed by atoms with Gasteiger partial charge in [-0.25, -0.2) is 8.42 Å². The number of likely N-dealkylation sites (N-methyl/N-ethyl adjacent to an activating group) is 2. The number of carbonyl (C=O) groups is 1. The van der Waals surface area contributed by atoms with Crippen LogP contribution in [0.15, 0.2) is 0 Å². The third-order valence-electron chi connectivity index (χ3n) is 2.10. The first kappa shape index (κ1) is 15.3. The Morgan fingerprint density at radius 1 is 1.38 bits per heavy atom. The van der Waals surface area contributed by atoms with Crippen LogP contribution in [0.5, 0.6) is 0 Å². The molecule has 96 valence electrons. The normalized spacial score (nSPS) is 14.4. The van der Waals surface area contributed by atoms with E-state index in [2.05, 4.69) is 0 Å². The van der Waals surface area contributed by atoms with Gasteiger partial charge in [0.15, 0.2) is 5.75 Å². The molecule has 0 aliphatic heterocycles.